The maximum Gasteiger partial charge on any atom is 0.237 e. The molecule has 1 amide bonds. The highest BCUT2D eigenvalue weighted by molar-refractivity contribution is 5.81. The molecule has 0 heterocycles. The van der Waals surface area contributed by atoms with Crippen LogP contribution in [-0.4, -0.2) is 18.0 Å². The molecule has 2 rings (SSSR count). The predicted molar refractivity (Wildman–Crippen MR) is 82.4 cm³/mol. The van der Waals surface area contributed by atoms with Gasteiger partial charge in [0.15, 0.2) is 0 Å². The number of amides is 1. The molecule has 0 saturated heterocycles. The zero-order valence-corrected chi connectivity index (χ0v) is 12.9. The molecule has 0 bridgehead atoms. The maximum absolute atomic E-state index is 13.7. The SMILES string of the molecule is CC(NC(C)c1ccccc1F)C(=O)NC1CCCCC1. The van der Waals surface area contributed by atoms with Gasteiger partial charge in [-0.05, 0) is 32.8 Å². The third kappa shape index (κ3) is 4.53. The van der Waals surface area contributed by atoms with Gasteiger partial charge >= 0.3 is 0 Å². The van der Waals surface area contributed by atoms with Crippen LogP contribution >= 0.6 is 0 Å². The van der Waals surface area contributed by atoms with Gasteiger partial charge in [-0.15, -0.1) is 0 Å². The van der Waals surface area contributed by atoms with E-state index in [-0.39, 0.29) is 23.8 Å². The second-order valence-corrected chi connectivity index (χ2v) is 5.98. The fourth-order valence-electron chi connectivity index (χ4n) is 2.94. The number of hydrogen-bond acceptors (Lipinski definition) is 2. The van der Waals surface area contributed by atoms with Crippen molar-refractivity contribution in [3.8, 4) is 0 Å². The third-order valence-electron chi connectivity index (χ3n) is 4.22. The minimum Gasteiger partial charge on any atom is -0.352 e. The Kier molecular flexibility index (Phi) is 5.74. The van der Waals surface area contributed by atoms with E-state index in [0.29, 0.717) is 11.6 Å². The largest absolute Gasteiger partial charge is 0.352 e. The molecule has 0 spiro atoms. The molecular formula is C17H25FN2O. The van der Waals surface area contributed by atoms with Crippen molar-refractivity contribution in [2.45, 2.75) is 64.1 Å². The minimum absolute atomic E-state index is 0.00471. The molecule has 3 nitrogen and oxygen atoms in total. The number of benzene rings is 1. The summed E-state index contributed by atoms with van der Waals surface area (Å²) in [5, 5.41) is 6.27. The molecule has 1 saturated carbocycles. The smallest absolute Gasteiger partial charge is 0.237 e. The van der Waals surface area contributed by atoms with Gasteiger partial charge in [-0.3, -0.25) is 10.1 Å². The summed E-state index contributed by atoms with van der Waals surface area (Å²) in [7, 11) is 0. The van der Waals surface area contributed by atoms with Crippen LogP contribution in [0.5, 0.6) is 0 Å². The Morgan fingerprint density at radius 1 is 1.19 bits per heavy atom. The Bertz CT molecular complexity index is 472. The summed E-state index contributed by atoms with van der Waals surface area (Å²) in [4.78, 5) is 12.2. The fraction of sp³-hybridized carbons (Fsp3) is 0.588. The van der Waals surface area contributed by atoms with Crippen LogP contribution in [0.1, 0.15) is 57.6 Å². The fourth-order valence-corrected chi connectivity index (χ4v) is 2.94. The molecule has 1 fully saturated rings. The van der Waals surface area contributed by atoms with Crippen LogP contribution in [0.25, 0.3) is 0 Å². The monoisotopic (exact) mass is 292 g/mol. The van der Waals surface area contributed by atoms with Gasteiger partial charge in [0.25, 0.3) is 0 Å². The Hall–Kier alpha value is -1.42. The van der Waals surface area contributed by atoms with Crippen LogP contribution in [0.2, 0.25) is 0 Å². The molecule has 1 aliphatic rings. The van der Waals surface area contributed by atoms with E-state index in [1.165, 1.54) is 25.3 Å². The lowest BCUT2D eigenvalue weighted by molar-refractivity contribution is -0.123. The molecule has 4 heteroatoms. The van der Waals surface area contributed by atoms with E-state index >= 15 is 0 Å². The Balaban J connectivity index is 1.86. The van der Waals surface area contributed by atoms with E-state index in [9.17, 15) is 9.18 Å². The van der Waals surface area contributed by atoms with Crippen LogP contribution in [0.15, 0.2) is 24.3 Å². The molecule has 2 atom stereocenters. The Morgan fingerprint density at radius 3 is 2.52 bits per heavy atom. The molecule has 1 aromatic carbocycles. The van der Waals surface area contributed by atoms with E-state index in [2.05, 4.69) is 10.6 Å². The number of nitrogens with one attached hydrogen (secondary N) is 2. The quantitative estimate of drug-likeness (QED) is 0.874. The van der Waals surface area contributed by atoms with Gasteiger partial charge in [0.2, 0.25) is 5.91 Å². The second kappa shape index (κ2) is 7.55. The van der Waals surface area contributed by atoms with Crippen molar-refractivity contribution in [3.05, 3.63) is 35.6 Å². The lowest BCUT2D eigenvalue weighted by Gasteiger charge is -2.26. The zero-order chi connectivity index (χ0) is 15.2. The zero-order valence-electron chi connectivity index (χ0n) is 12.9. The summed E-state index contributed by atoms with van der Waals surface area (Å²) in [6.07, 6.45) is 5.80. The van der Waals surface area contributed by atoms with Crippen molar-refractivity contribution < 1.29 is 9.18 Å². The van der Waals surface area contributed by atoms with Crippen molar-refractivity contribution in [1.82, 2.24) is 10.6 Å². The van der Waals surface area contributed by atoms with Gasteiger partial charge in [0.1, 0.15) is 5.82 Å². The van der Waals surface area contributed by atoms with Gasteiger partial charge in [0.05, 0.1) is 6.04 Å². The Morgan fingerprint density at radius 2 is 1.86 bits per heavy atom. The molecule has 0 aliphatic heterocycles. The molecular weight excluding hydrogens is 267 g/mol. The topological polar surface area (TPSA) is 41.1 Å². The molecule has 21 heavy (non-hydrogen) atoms. The van der Waals surface area contributed by atoms with Gasteiger partial charge in [-0.2, -0.15) is 0 Å². The van der Waals surface area contributed by atoms with Gasteiger partial charge in [-0.1, -0.05) is 37.5 Å². The van der Waals surface area contributed by atoms with Gasteiger partial charge in [-0.25, -0.2) is 4.39 Å². The molecule has 2 unspecified atom stereocenters. The van der Waals surface area contributed by atoms with Crippen molar-refractivity contribution in [2.24, 2.45) is 0 Å². The maximum atomic E-state index is 13.7. The number of carbonyl (C=O) groups is 1. The number of halogens is 1. The van der Waals surface area contributed by atoms with E-state index in [4.69, 9.17) is 0 Å². The second-order valence-electron chi connectivity index (χ2n) is 5.98. The number of carbonyl (C=O) groups excluding carboxylic acids is 1. The lowest BCUT2D eigenvalue weighted by atomic mass is 9.95. The third-order valence-corrected chi connectivity index (χ3v) is 4.22. The molecule has 1 aliphatic carbocycles. The first-order valence-electron chi connectivity index (χ1n) is 7.89. The normalized spacial score (nSPS) is 19.0. The first kappa shape index (κ1) is 16.0. The summed E-state index contributed by atoms with van der Waals surface area (Å²) < 4.78 is 13.7. The lowest BCUT2D eigenvalue weighted by Crippen LogP contribution is -2.47. The van der Waals surface area contributed by atoms with Crippen LogP contribution in [0.4, 0.5) is 4.39 Å². The standard InChI is InChI=1S/C17H25FN2O/c1-12(15-10-6-7-11-16(15)18)19-13(2)17(21)20-14-8-4-3-5-9-14/h6-7,10-14,19H,3-5,8-9H2,1-2H3,(H,20,21). The molecule has 0 radical (unpaired) electrons. The highest BCUT2D eigenvalue weighted by atomic mass is 19.1. The predicted octanol–water partition coefficient (Wildman–Crippen LogP) is 3.31. The summed E-state index contributed by atoms with van der Waals surface area (Å²) in [5.74, 6) is -0.234. The van der Waals surface area contributed by atoms with Crippen molar-refractivity contribution in [1.29, 1.82) is 0 Å². The summed E-state index contributed by atoms with van der Waals surface area (Å²) >= 11 is 0. The van der Waals surface area contributed by atoms with E-state index in [1.54, 1.807) is 12.1 Å². The highest BCUT2D eigenvalue weighted by Crippen LogP contribution is 2.18. The van der Waals surface area contributed by atoms with Crippen molar-refractivity contribution >= 4 is 5.91 Å². The van der Waals surface area contributed by atoms with Crippen LogP contribution in [0.3, 0.4) is 0 Å². The van der Waals surface area contributed by atoms with E-state index < -0.39 is 0 Å². The minimum atomic E-state index is -0.332. The van der Waals surface area contributed by atoms with Crippen molar-refractivity contribution in [2.75, 3.05) is 0 Å². The van der Waals surface area contributed by atoms with Crippen LogP contribution in [0, 0.1) is 5.82 Å². The average Bonchev–Trinajstić information content (AvgIpc) is 2.48. The molecule has 0 aromatic heterocycles. The van der Waals surface area contributed by atoms with E-state index in [0.717, 1.165) is 12.8 Å². The summed E-state index contributed by atoms with van der Waals surface area (Å²) in [6.45, 7) is 3.71. The first-order chi connectivity index (χ1) is 10.1. The summed E-state index contributed by atoms with van der Waals surface area (Å²) in [5.41, 5.74) is 0.592. The van der Waals surface area contributed by atoms with Crippen molar-refractivity contribution in [3.63, 3.8) is 0 Å². The molecule has 1 aromatic rings. The van der Waals surface area contributed by atoms with Gasteiger partial charge in [0, 0.05) is 17.6 Å². The van der Waals surface area contributed by atoms with Crippen LogP contribution < -0.4 is 10.6 Å². The van der Waals surface area contributed by atoms with Gasteiger partial charge < -0.3 is 5.32 Å². The van der Waals surface area contributed by atoms with Crippen LogP contribution in [-0.2, 0) is 4.79 Å². The first-order valence-corrected chi connectivity index (χ1v) is 7.89. The summed E-state index contributed by atoms with van der Waals surface area (Å²) in [6, 6.07) is 6.45. The Labute approximate surface area is 126 Å². The highest BCUT2D eigenvalue weighted by Gasteiger charge is 2.21. The molecule has 2 N–H and O–H groups in total. The average molecular weight is 292 g/mol. The number of rotatable bonds is 5. The molecule has 116 valence electrons. The van der Waals surface area contributed by atoms with E-state index in [1.807, 2.05) is 19.9 Å². The number of hydrogen-bond donors (Lipinski definition) is 2.